The summed E-state index contributed by atoms with van der Waals surface area (Å²) >= 11 is 1.15. The number of aromatic nitrogens is 1. The summed E-state index contributed by atoms with van der Waals surface area (Å²) in [5.41, 5.74) is 2.25. The minimum absolute atomic E-state index is 0.363. The van der Waals surface area contributed by atoms with Crippen molar-refractivity contribution in [3.63, 3.8) is 0 Å². The predicted molar refractivity (Wildman–Crippen MR) is 95.6 cm³/mol. The van der Waals surface area contributed by atoms with Gasteiger partial charge in [0, 0.05) is 11.4 Å². The zero-order valence-corrected chi connectivity index (χ0v) is 14.4. The standard InChI is InChI=1S/C18H15F2N3OS/c1-10-6-7-13(20)9-15(10)23-17(24)16-11(2)21-18(25-16)22-14-5-3-4-12(19)8-14/h3-9H,1-2H3,(H,21,22)(H,23,24). The van der Waals surface area contributed by atoms with E-state index in [9.17, 15) is 13.6 Å². The number of hydrogen-bond acceptors (Lipinski definition) is 4. The lowest BCUT2D eigenvalue weighted by Crippen LogP contribution is -2.12. The smallest absolute Gasteiger partial charge is 0.267 e. The number of thiazole rings is 1. The molecule has 3 aromatic rings. The van der Waals surface area contributed by atoms with Crippen LogP contribution in [0, 0.1) is 25.5 Å². The fourth-order valence-corrected chi connectivity index (χ4v) is 3.14. The Balaban J connectivity index is 1.79. The maximum absolute atomic E-state index is 13.4. The fraction of sp³-hybridized carbons (Fsp3) is 0.111. The summed E-state index contributed by atoms with van der Waals surface area (Å²) in [6.45, 7) is 3.49. The van der Waals surface area contributed by atoms with Gasteiger partial charge in [-0.05, 0) is 49.7 Å². The molecule has 1 heterocycles. The van der Waals surface area contributed by atoms with Gasteiger partial charge < -0.3 is 10.6 Å². The Kier molecular flexibility index (Phi) is 4.76. The first-order chi connectivity index (χ1) is 11.9. The van der Waals surface area contributed by atoms with Crippen LogP contribution in [-0.2, 0) is 0 Å². The van der Waals surface area contributed by atoms with Gasteiger partial charge in [0.1, 0.15) is 16.5 Å². The third kappa shape index (κ3) is 4.00. The number of halogens is 2. The SMILES string of the molecule is Cc1ccc(F)cc1NC(=O)c1sc(Nc2cccc(F)c2)nc1C. The van der Waals surface area contributed by atoms with Crippen molar-refractivity contribution in [3.8, 4) is 0 Å². The first-order valence-electron chi connectivity index (χ1n) is 7.50. The van der Waals surface area contributed by atoms with Gasteiger partial charge in [0.25, 0.3) is 5.91 Å². The molecular weight excluding hydrogens is 344 g/mol. The summed E-state index contributed by atoms with van der Waals surface area (Å²) in [4.78, 5) is 17.2. The number of benzene rings is 2. The number of carbonyl (C=O) groups excluding carboxylic acids is 1. The molecule has 0 aliphatic heterocycles. The number of hydrogen-bond donors (Lipinski definition) is 2. The largest absolute Gasteiger partial charge is 0.331 e. The monoisotopic (exact) mass is 359 g/mol. The van der Waals surface area contributed by atoms with Crippen molar-refractivity contribution in [3.05, 3.63) is 70.2 Å². The Morgan fingerprint density at radius 3 is 2.60 bits per heavy atom. The van der Waals surface area contributed by atoms with Gasteiger partial charge in [-0.1, -0.05) is 23.5 Å². The highest BCUT2D eigenvalue weighted by Crippen LogP contribution is 2.27. The van der Waals surface area contributed by atoms with Gasteiger partial charge in [0.2, 0.25) is 0 Å². The molecule has 128 valence electrons. The summed E-state index contributed by atoms with van der Waals surface area (Å²) in [6, 6.07) is 10.2. The lowest BCUT2D eigenvalue weighted by atomic mass is 10.2. The number of nitrogens with one attached hydrogen (secondary N) is 2. The summed E-state index contributed by atoms with van der Waals surface area (Å²) in [5.74, 6) is -1.15. The van der Waals surface area contributed by atoms with Gasteiger partial charge in [-0.2, -0.15) is 0 Å². The van der Waals surface area contributed by atoms with E-state index in [-0.39, 0.29) is 11.7 Å². The van der Waals surface area contributed by atoms with E-state index >= 15 is 0 Å². The molecule has 0 bridgehead atoms. The number of aryl methyl sites for hydroxylation is 2. The second kappa shape index (κ2) is 6.98. The average molecular weight is 359 g/mol. The highest BCUT2D eigenvalue weighted by molar-refractivity contribution is 7.17. The lowest BCUT2D eigenvalue weighted by molar-refractivity contribution is 0.102. The molecule has 4 nitrogen and oxygen atoms in total. The van der Waals surface area contributed by atoms with Crippen LogP contribution in [0.15, 0.2) is 42.5 Å². The molecule has 0 unspecified atom stereocenters. The molecule has 1 aromatic heterocycles. The molecule has 0 fully saturated rings. The topological polar surface area (TPSA) is 54.0 Å². The number of amides is 1. The Bertz CT molecular complexity index is 940. The Labute approximate surface area is 147 Å². The second-order valence-electron chi connectivity index (χ2n) is 5.48. The van der Waals surface area contributed by atoms with Gasteiger partial charge in [0.15, 0.2) is 5.13 Å². The zero-order valence-electron chi connectivity index (χ0n) is 13.6. The number of rotatable bonds is 4. The molecule has 0 spiro atoms. The molecule has 0 saturated carbocycles. The van der Waals surface area contributed by atoms with E-state index in [1.54, 1.807) is 32.0 Å². The first kappa shape index (κ1) is 17.0. The molecular formula is C18H15F2N3OS. The van der Waals surface area contributed by atoms with Gasteiger partial charge in [-0.3, -0.25) is 4.79 Å². The van der Waals surface area contributed by atoms with Crippen molar-refractivity contribution in [1.82, 2.24) is 4.98 Å². The van der Waals surface area contributed by atoms with Crippen LogP contribution in [0.1, 0.15) is 20.9 Å². The van der Waals surface area contributed by atoms with Crippen molar-refractivity contribution in [2.45, 2.75) is 13.8 Å². The Morgan fingerprint density at radius 2 is 1.84 bits per heavy atom. The molecule has 25 heavy (non-hydrogen) atoms. The van der Waals surface area contributed by atoms with Crippen molar-refractivity contribution in [2.75, 3.05) is 10.6 Å². The molecule has 0 radical (unpaired) electrons. The van der Waals surface area contributed by atoms with Crippen LogP contribution in [0.4, 0.5) is 25.3 Å². The minimum atomic E-state index is -0.421. The minimum Gasteiger partial charge on any atom is -0.331 e. The van der Waals surface area contributed by atoms with E-state index in [0.717, 1.165) is 16.9 Å². The number of carbonyl (C=O) groups is 1. The highest BCUT2D eigenvalue weighted by Gasteiger charge is 2.16. The molecule has 7 heteroatoms. The van der Waals surface area contributed by atoms with Gasteiger partial charge in [-0.25, -0.2) is 13.8 Å². The van der Waals surface area contributed by atoms with Crippen LogP contribution in [0.5, 0.6) is 0 Å². The van der Waals surface area contributed by atoms with Crippen LogP contribution < -0.4 is 10.6 Å². The predicted octanol–water partition coefficient (Wildman–Crippen LogP) is 5.03. The first-order valence-corrected chi connectivity index (χ1v) is 8.31. The van der Waals surface area contributed by atoms with Gasteiger partial charge in [0.05, 0.1) is 5.69 Å². The van der Waals surface area contributed by atoms with Crippen LogP contribution >= 0.6 is 11.3 Å². The maximum atomic E-state index is 13.4. The molecule has 0 aliphatic carbocycles. The maximum Gasteiger partial charge on any atom is 0.267 e. The van der Waals surface area contributed by atoms with E-state index in [1.807, 2.05) is 0 Å². The number of nitrogens with zero attached hydrogens (tertiary/aromatic N) is 1. The summed E-state index contributed by atoms with van der Waals surface area (Å²) in [5, 5.41) is 6.15. The summed E-state index contributed by atoms with van der Waals surface area (Å²) in [7, 11) is 0. The summed E-state index contributed by atoms with van der Waals surface area (Å²) < 4.78 is 26.6. The molecule has 0 atom stereocenters. The fourth-order valence-electron chi connectivity index (χ4n) is 2.26. The Morgan fingerprint density at radius 1 is 1.08 bits per heavy atom. The average Bonchev–Trinajstić information content (AvgIpc) is 2.91. The van der Waals surface area contributed by atoms with E-state index in [4.69, 9.17) is 0 Å². The molecule has 2 N–H and O–H groups in total. The van der Waals surface area contributed by atoms with Crippen molar-refractivity contribution in [2.24, 2.45) is 0 Å². The second-order valence-corrected chi connectivity index (χ2v) is 6.48. The molecule has 0 saturated heterocycles. The van der Waals surface area contributed by atoms with Crippen molar-refractivity contribution in [1.29, 1.82) is 0 Å². The van der Waals surface area contributed by atoms with Gasteiger partial charge >= 0.3 is 0 Å². The van der Waals surface area contributed by atoms with Crippen molar-refractivity contribution < 1.29 is 13.6 Å². The molecule has 0 aliphatic rings. The van der Waals surface area contributed by atoms with Gasteiger partial charge in [-0.15, -0.1) is 0 Å². The van der Waals surface area contributed by atoms with Crippen LogP contribution in [0.25, 0.3) is 0 Å². The molecule has 3 rings (SSSR count). The van der Waals surface area contributed by atoms with E-state index in [2.05, 4.69) is 15.6 Å². The Hall–Kier alpha value is -2.80. The van der Waals surface area contributed by atoms with Crippen molar-refractivity contribution >= 4 is 33.8 Å². The van der Waals surface area contributed by atoms with Crippen LogP contribution in [0.2, 0.25) is 0 Å². The third-order valence-corrected chi connectivity index (χ3v) is 4.60. The highest BCUT2D eigenvalue weighted by atomic mass is 32.1. The summed E-state index contributed by atoms with van der Waals surface area (Å²) in [6.07, 6.45) is 0. The third-order valence-electron chi connectivity index (χ3n) is 3.53. The van der Waals surface area contributed by atoms with E-state index in [1.165, 1.54) is 24.3 Å². The number of anilines is 3. The lowest BCUT2D eigenvalue weighted by Gasteiger charge is -2.07. The molecule has 2 aromatic carbocycles. The molecule has 1 amide bonds. The van der Waals surface area contributed by atoms with Crippen LogP contribution in [-0.4, -0.2) is 10.9 Å². The van der Waals surface area contributed by atoms with E-state index < -0.39 is 5.82 Å². The zero-order chi connectivity index (χ0) is 18.0. The van der Waals surface area contributed by atoms with Crippen LogP contribution in [0.3, 0.4) is 0 Å². The normalized spacial score (nSPS) is 10.6. The quantitative estimate of drug-likeness (QED) is 0.687. The van der Waals surface area contributed by atoms with E-state index in [0.29, 0.717) is 27.1 Å².